The van der Waals surface area contributed by atoms with Crippen LogP contribution < -0.4 is 0 Å². The summed E-state index contributed by atoms with van der Waals surface area (Å²) in [6, 6.07) is 6.48. The fraction of sp³-hybridized carbons (Fsp3) is 0.500. The second kappa shape index (κ2) is 7.22. The Hall–Kier alpha value is -1.88. The van der Waals surface area contributed by atoms with Crippen molar-refractivity contribution in [2.45, 2.75) is 19.8 Å². The molecule has 5 nitrogen and oxygen atoms in total. The molecule has 2 rings (SSSR count). The van der Waals surface area contributed by atoms with Gasteiger partial charge in [-0.25, -0.2) is 4.79 Å². The second-order valence-corrected chi connectivity index (χ2v) is 5.33. The molecule has 1 unspecified atom stereocenters. The maximum Gasteiger partial charge on any atom is 0.335 e. The van der Waals surface area contributed by atoms with Gasteiger partial charge in [-0.2, -0.15) is 0 Å². The first kappa shape index (κ1) is 15.5. The van der Waals surface area contributed by atoms with Gasteiger partial charge in [0, 0.05) is 25.6 Å². The Morgan fingerprint density at radius 1 is 1.33 bits per heavy atom. The summed E-state index contributed by atoms with van der Waals surface area (Å²) in [5.74, 6) is -0.424. The first-order chi connectivity index (χ1) is 10.1. The number of ether oxygens (including phenoxy) is 1. The lowest BCUT2D eigenvalue weighted by Gasteiger charge is -2.16. The summed E-state index contributed by atoms with van der Waals surface area (Å²) >= 11 is 0. The molecule has 1 heterocycles. The fourth-order valence-electron chi connectivity index (χ4n) is 2.53. The van der Waals surface area contributed by atoms with E-state index in [1.54, 1.807) is 12.1 Å². The van der Waals surface area contributed by atoms with Crippen LogP contribution in [0.1, 0.15) is 29.3 Å². The molecular weight excluding hydrogens is 270 g/mol. The highest BCUT2D eigenvalue weighted by molar-refractivity contribution is 5.87. The topological polar surface area (TPSA) is 66.8 Å². The zero-order valence-corrected chi connectivity index (χ0v) is 12.2. The summed E-state index contributed by atoms with van der Waals surface area (Å²) in [6.07, 6.45) is 1.31. The van der Waals surface area contributed by atoms with E-state index in [-0.39, 0.29) is 11.5 Å². The van der Waals surface area contributed by atoms with Crippen LogP contribution in [0, 0.1) is 5.92 Å². The SMILES string of the molecule is CCOCC1CCN(C(=O)Cc2ccc(C(=O)O)cc2)C1. The number of nitrogens with zero attached hydrogens (tertiary/aromatic N) is 1. The minimum absolute atomic E-state index is 0.0945. The molecule has 0 spiro atoms. The lowest BCUT2D eigenvalue weighted by atomic mass is 10.1. The minimum atomic E-state index is -0.953. The average molecular weight is 291 g/mol. The van der Waals surface area contributed by atoms with Gasteiger partial charge in [-0.05, 0) is 31.0 Å². The van der Waals surface area contributed by atoms with Crippen molar-refractivity contribution >= 4 is 11.9 Å². The van der Waals surface area contributed by atoms with Crippen molar-refractivity contribution in [1.29, 1.82) is 0 Å². The molecule has 1 atom stereocenters. The molecule has 0 saturated carbocycles. The Bertz CT molecular complexity index is 498. The third-order valence-corrected chi connectivity index (χ3v) is 3.75. The lowest BCUT2D eigenvalue weighted by molar-refractivity contribution is -0.129. The Balaban J connectivity index is 1.85. The number of carbonyl (C=O) groups is 2. The van der Waals surface area contributed by atoms with E-state index >= 15 is 0 Å². The van der Waals surface area contributed by atoms with Gasteiger partial charge in [0.15, 0.2) is 0 Å². The van der Waals surface area contributed by atoms with Crippen LogP contribution in [0.25, 0.3) is 0 Å². The van der Waals surface area contributed by atoms with Crippen LogP contribution in [0.4, 0.5) is 0 Å². The molecule has 1 N–H and O–H groups in total. The van der Waals surface area contributed by atoms with Gasteiger partial charge in [0.1, 0.15) is 0 Å². The molecule has 21 heavy (non-hydrogen) atoms. The van der Waals surface area contributed by atoms with Crippen LogP contribution >= 0.6 is 0 Å². The van der Waals surface area contributed by atoms with Gasteiger partial charge in [0.05, 0.1) is 18.6 Å². The molecule has 1 aliphatic heterocycles. The predicted molar refractivity (Wildman–Crippen MR) is 78.3 cm³/mol. The van der Waals surface area contributed by atoms with Crippen LogP contribution in [0.5, 0.6) is 0 Å². The smallest absolute Gasteiger partial charge is 0.335 e. The third kappa shape index (κ3) is 4.29. The van der Waals surface area contributed by atoms with Crippen molar-refractivity contribution in [3.63, 3.8) is 0 Å². The van der Waals surface area contributed by atoms with E-state index in [4.69, 9.17) is 9.84 Å². The molecule has 0 aliphatic carbocycles. The molecular formula is C16H21NO4. The Morgan fingerprint density at radius 2 is 2.05 bits per heavy atom. The van der Waals surface area contributed by atoms with E-state index in [1.807, 2.05) is 11.8 Å². The van der Waals surface area contributed by atoms with Crippen LogP contribution in [-0.4, -0.2) is 48.2 Å². The summed E-state index contributed by atoms with van der Waals surface area (Å²) < 4.78 is 5.41. The van der Waals surface area contributed by atoms with Crippen LogP contribution in [0.2, 0.25) is 0 Å². The fourth-order valence-corrected chi connectivity index (χ4v) is 2.53. The van der Waals surface area contributed by atoms with Gasteiger partial charge in [0.25, 0.3) is 0 Å². The summed E-state index contributed by atoms with van der Waals surface area (Å²) in [4.78, 5) is 24.9. The number of aromatic carboxylic acids is 1. The Labute approximate surface area is 124 Å². The summed E-state index contributed by atoms with van der Waals surface area (Å²) in [7, 11) is 0. The zero-order chi connectivity index (χ0) is 15.2. The molecule has 0 aromatic heterocycles. The summed E-state index contributed by atoms with van der Waals surface area (Å²) in [6.45, 7) is 4.93. The number of amides is 1. The maximum absolute atomic E-state index is 12.2. The summed E-state index contributed by atoms with van der Waals surface area (Å²) in [5.41, 5.74) is 1.09. The third-order valence-electron chi connectivity index (χ3n) is 3.75. The van der Waals surface area contributed by atoms with Crippen molar-refractivity contribution in [2.24, 2.45) is 5.92 Å². The van der Waals surface area contributed by atoms with Crippen LogP contribution in [0.3, 0.4) is 0 Å². The van der Waals surface area contributed by atoms with Gasteiger partial charge >= 0.3 is 5.97 Å². The van der Waals surface area contributed by atoms with E-state index in [1.165, 1.54) is 12.1 Å². The number of likely N-dealkylation sites (tertiary alicyclic amines) is 1. The highest BCUT2D eigenvalue weighted by Crippen LogP contribution is 2.18. The number of carboxylic acids is 1. The van der Waals surface area contributed by atoms with Crippen molar-refractivity contribution in [3.05, 3.63) is 35.4 Å². The first-order valence-corrected chi connectivity index (χ1v) is 7.28. The molecule has 0 bridgehead atoms. The van der Waals surface area contributed by atoms with E-state index in [0.717, 1.165) is 25.1 Å². The largest absolute Gasteiger partial charge is 0.478 e. The molecule has 1 amide bonds. The minimum Gasteiger partial charge on any atom is -0.478 e. The van der Waals surface area contributed by atoms with E-state index in [2.05, 4.69) is 0 Å². The monoisotopic (exact) mass is 291 g/mol. The maximum atomic E-state index is 12.2. The molecule has 0 radical (unpaired) electrons. The van der Waals surface area contributed by atoms with Gasteiger partial charge in [-0.15, -0.1) is 0 Å². The molecule has 1 saturated heterocycles. The van der Waals surface area contributed by atoms with Crippen molar-refractivity contribution in [2.75, 3.05) is 26.3 Å². The number of rotatable bonds is 6. The predicted octanol–water partition coefficient (Wildman–Crippen LogP) is 1.81. The van der Waals surface area contributed by atoms with Gasteiger partial charge in [0.2, 0.25) is 5.91 Å². The average Bonchev–Trinajstić information content (AvgIpc) is 2.94. The molecule has 1 aromatic carbocycles. The zero-order valence-electron chi connectivity index (χ0n) is 12.2. The molecule has 1 aliphatic rings. The first-order valence-electron chi connectivity index (χ1n) is 7.28. The van der Waals surface area contributed by atoms with Crippen molar-refractivity contribution < 1.29 is 19.4 Å². The molecule has 1 fully saturated rings. The highest BCUT2D eigenvalue weighted by Gasteiger charge is 2.26. The van der Waals surface area contributed by atoms with E-state index in [9.17, 15) is 9.59 Å². The highest BCUT2D eigenvalue weighted by atomic mass is 16.5. The number of hydrogen-bond acceptors (Lipinski definition) is 3. The van der Waals surface area contributed by atoms with Crippen LogP contribution in [0.15, 0.2) is 24.3 Å². The van der Waals surface area contributed by atoms with E-state index < -0.39 is 5.97 Å². The summed E-state index contributed by atoms with van der Waals surface area (Å²) in [5, 5.41) is 8.84. The normalized spacial score (nSPS) is 18.0. The number of carboxylic acid groups (broad SMARTS) is 1. The standard InChI is InChI=1S/C16H21NO4/c1-2-21-11-13-7-8-17(10-13)15(18)9-12-3-5-14(6-4-12)16(19)20/h3-6,13H,2,7-11H2,1H3,(H,19,20). The van der Waals surface area contributed by atoms with Gasteiger partial charge < -0.3 is 14.7 Å². The Morgan fingerprint density at radius 3 is 2.67 bits per heavy atom. The number of benzene rings is 1. The number of hydrogen-bond donors (Lipinski definition) is 1. The quantitative estimate of drug-likeness (QED) is 0.868. The molecule has 5 heteroatoms. The van der Waals surface area contributed by atoms with Crippen molar-refractivity contribution in [1.82, 2.24) is 4.90 Å². The molecule has 1 aromatic rings. The van der Waals surface area contributed by atoms with Gasteiger partial charge in [-0.1, -0.05) is 12.1 Å². The van der Waals surface area contributed by atoms with E-state index in [0.29, 0.717) is 25.6 Å². The number of carbonyl (C=O) groups excluding carboxylic acids is 1. The molecule has 114 valence electrons. The second-order valence-electron chi connectivity index (χ2n) is 5.33. The Kier molecular flexibility index (Phi) is 5.33. The van der Waals surface area contributed by atoms with Gasteiger partial charge in [-0.3, -0.25) is 4.79 Å². The van der Waals surface area contributed by atoms with Crippen LogP contribution in [-0.2, 0) is 16.0 Å². The lowest BCUT2D eigenvalue weighted by Crippen LogP contribution is -2.30. The van der Waals surface area contributed by atoms with Crippen molar-refractivity contribution in [3.8, 4) is 0 Å².